The number of para-hydroxylation sites is 1. The second-order valence-electron chi connectivity index (χ2n) is 5.25. The first kappa shape index (κ1) is 14.1. The average Bonchev–Trinajstić information content (AvgIpc) is 2.82. The first-order valence-electron chi connectivity index (χ1n) is 7.06. The number of hydrogen-bond acceptors (Lipinski definition) is 2. The largest absolute Gasteiger partial charge is 0.330 e. The van der Waals surface area contributed by atoms with Crippen LogP contribution in [0.2, 0.25) is 5.02 Å². The predicted molar refractivity (Wildman–Crippen MR) is 87.7 cm³/mol. The van der Waals surface area contributed by atoms with Gasteiger partial charge >= 0.3 is 0 Å². The maximum atomic E-state index is 6.31. The van der Waals surface area contributed by atoms with Gasteiger partial charge in [-0.3, -0.25) is 4.68 Å². The lowest BCUT2D eigenvalue weighted by molar-refractivity contribution is 0.665. The van der Waals surface area contributed by atoms with Crippen LogP contribution < -0.4 is 5.73 Å². The molecule has 0 aliphatic rings. The summed E-state index contributed by atoms with van der Waals surface area (Å²) in [5.74, 6) is 0.178. The summed E-state index contributed by atoms with van der Waals surface area (Å²) in [5, 5.41) is 6.61. The maximum absolute atomic E-state index is 6.31. The van der Waals surface area contributed by atoms with Crippen molar-refractivity contribution in [2.45, 2.75) is 12.3 Å². The average molecular weight is 300 g/mol. The number of nitrogens with two attached hydrogens (primary N) is 1. The second kappa shape index (κ2) is 5.88. The molecule has 3 rings (SSSR count). The highest BCUT2D eigenvalue weighted by molar-refractivity contribution is 6.31. The molecule has 2 N–H and O–H groups in total. The number of nitrogens with zero attached hydrogens (tertiary/aromatic N) is 2. The summed E-state index contributed by atoms with van der Waals surface area (Å²) in [4.78, 5) is 0. The molecule has 0 amide bonds. The Morgan fingerprint density at radius 2 is 1.86 bits per heavy atom. The number of hydrogen-bond donors (Lipinski definition) is 1. The Morgan fingerprint density at radius 3 is 2.62 bits per heavy atom. The second-order valence-corrected chi connectivity index (χ2v) is 5.65. The zero-order valence-corrected chi connectivity index (χ0v) is 12.7. The Morgan fingerprint density at radius 1 is 1.14 bits per heavy atom. The van der Waals surface area contributed by atoms with Crippen molar-refractivity contribution in [3.8, 4) is 0 Å². The summed E-state index contributed by atoms with van der Waals surface area (Å²) in [5.41, 5.74) is 9.29. The summed E-state index contributed by atoms with van der Waals surface area (Å²) in [6, 6.07) is 16.2. The van der Waals surface area contributed by atoms with Gasteiger partial charge in [0.25, 0.3) is 0 Å². The van der Waals surface area contributed by atoms with Gasteiger partial charge in [0.15, 0.2) is 0 Å². The molecule has 0 bridgehead atoms. The molecule has 1 atom stereocenters. The van der Waals surface area contributed by atoms with Crippen molar-refractivity contribution in [2.24, 2.45) is 12.8 Å². The zero-order valence-electron chi connectivity index (χ0n) is 12.0. The highest BCUT2D eigenvalue weighted by atomic mass is 35.5. The third-order valence-corrected chi connectivity index (χ3v) is 4.25. The first-order chi connectivity index (χ1) is 10.2. The molecule has 1 aromatic heterocycles. The van der Waals surface area contributed by atoms with Crippen molar-refractivity contribution in [3.63, 3.8) is 0 Å². The van der Waals surface area contributed by atoms with Gasteiger partial charge in [-0.15, -0.1) is 0 Å². The van der Waals surface area contributed by atoms with Gasteiger partial charge in [-0.2, -0.15) is 5.10 Å². The minimum Gasteiger partial charge on any atom is -0.330 e. The molecule has 108 valence electrons. The van der Waals surface area contributed by atoms with Crippen LogP contribution >= 0.6 is 11.6 Å². The first-order valence-corrected chi connectivity index (χ1v) is 7.43. The van der Waals surface area contributed by atoms with Gasteiger partial charge in [-0.05, 0) is 24.2 Å². The minimum absolute atomic E-state index is 0.178. The van der Waals surface area contributed by atoms with E-state index >= 15 is 0 Å². The Kier molecular flexibility index (Phi) is 3.95. The highest BCUT2D eigenvalue weighted by Gasteiger charge is 2.17. The van der Waals surface area contributed by atoms with Crippen LogP contribution in [0.15, 0.2) is 48.5 Å². The fourth-order valence-electron chi connectivity index (χ4n) is 2.80. The van der Waals surface area contributed by atoms with Gasteiger partial charge in [0.1, 0.15) is 0 Å². The summed E-state index contributed by atoms with van der Waals surface area (Å²) < 4.78 is 1.92. The normalized spacial score (nSPS) is 12.7. The van der Waals surface area contributed by atoms with E-state index < -0.39 is 0 Å². The number of rotatable bonds is 4. The molecule has 21 heavy (non-hydrogen) atoms. The van der Waals surface area contributed by atoms with Crippen LogP contribution in [0.1, 0.15) is 17.2 Å². The number of fused-ring (bicyclic) bond motifs is 1. The van der Waals surface area contributed by atoms with Crippen LogP contribution in [0.4, 0.5) is 0 Å². The van der Waals surface area contributed by atoms with Crippen LogP contribution in [-0.2, 0) is 13.5 Å². The molecule has 4 heteroatoms. The lowest BCUT2D eigenvalue weighted by Crippen LogP contribution is -2.16. The highest BCUT2D eigenvalue weighted by Crippen LogP contribution is 2.28. The van der Waals surface area contributed by atoms with Crippen molar-refractivity contribution in [2.75, 3.05) is 6.54 Å². The Labute approximate surface area is 129 Å². The standard InChI is InChI=1S/C17H18ClN3/c1-21-17-9-5-3-7-14(17)16(20-21)10-12(11-19)13-6-2-4-8-15(13)18/h2-9,12H,10-11,19H2,1H3. The minimum atomic E-state index is 0.178. The van der Waals surface area contributed by atoms with Crippen LogP contribution in [-0.4, -0.2) is 16.3 Å². The molecule has 2 aromatic carbocycles. The molecule has 0 spiro atoms. The Hall–Kier alpha value is -1.84. The van der Waals surface area contributed by atoms with Crippen LogP contribution in [0.25, 0.3) is 10.9 Å². The van der Waals surface area contributed by atoms with Gasteiger partial charge in [-0.25, -0.2) is 0 Å². The molecule has 0 saturated carbocycles. The molecule has 1 unspecified atom stereocenters. The van der Waals surface area contributed by atoms with E-state index in [2.05, 4.69) is 17.2 Å². The van der Waals surface area contributed by atoms with Gasteiger partial charge < -0.3 is 5.73 Å². The monoisotopic (exact) mass is 299 g/mol. The number of benzene rings is 2. The number of aryl methyl sites for hydroxylation is 1. The van der Waals surface area contributed by atoms with E-state index in [1.807, 2.05) is 48.1 Å². The number of aromatic nitrogens is 2. The Bertz CT molecular complexity index is 764. The molecule has 3 aromatic rings. The van der Waals surface area contributed by atoms with Crippen molar-refractivity contribution in [3.05, 3.63) is 64.8 Å². The van der Waals surface area contributed by atoms with E-state index in [0.29, 0.717) is 6.54 Å². The third-order valence-electron chi connectivity index (χ3n) is 3.90. The summed E-state index contributed by atoms with van der Waals surface area (Å²) in [7, 11) is 1.97. The van der Waals surface area contributed by atoms with E-state index in [-0.39, 0.29) is 5.92 Å². The molecule has 0 aliphatic carbocycles. The quantitative estimate of drug-likeness (QED) is 0.801. The van der Waals surface area contributed by atoms with E-state index in [1.54, 1.807) is 0 Å². The molecule has 3 nitrogen and oxygen atoms in total. The molecule has 0 saturated heterocycles. The SMILES string of the molecule is Cn1nc(CC(CN)c2ccccc2Cl)c2ccccc21. The summed E-state index contributed by atoms with van der Waals surface area (Å²) >= 11 is 6.31. The molecule has 0 radical (unpaired) electrons. The van der Waals surface area contributed by atoms with E-state index in [0.717, 1.165) is 28.2 Å². The van der Waals surface area contributed by atoms with Gasteiger partial charge in [-0.1, -0.05) is 48.0 Å². The third kappa shape index (κ3) is 2.67. The lowest BCUT2D eigenvalue weighted by Gasteiger charge is -2.15. The van der Waals surface area contributed by atoms with Crippen LogP contribution in [0.3, 0.4) is 0 Å². The summed E-state index contributed by atoms with van der Waals surface area (Å²) in [6.07, 6.45) is 0.793. The summed E-state index contributed by atoms with van der Waals surface area (Å²) in [6.45, 7) is 0.550. The van der Waals surface area contributed by atoms with E-state index in [1.165, 1.54) is 5.39 Å². The van der Waals surface area contributed by atoms with Crippen molar-refractivity contribution < 1.29 is 0 Å². The molecular formula is C17H18ClN3. The molecule has 0 aliphatic heterocycles. The van der Waals surface area contributed by atoms with Gasteiger partial charge in [0.2, 0.25) is 0 Å². The van der Waals surface area contributed by atoms with E-state index in [9.17, 15) is 0 Å². The zero-order chi connectivity index (χ0) is 14.8. The predicted octanol–water partition coefficient (Wildman–Crippen LogP) is 3.51. The van der Waals surface area contributed by atoms with Crippen molar-refractivity contribution in [1.82, 2.24) is 9.78 Å². The number of halogens is 1. The Balaban J connectivity index is 1.99. The smallest absolute Gasteiger partial charge is 0.0709 e. The topological polar surface area (TPSA) is 43.8 Å². The van der Waals surface area contributed by atoms with Crippen LogP contribution in [0.5, 0.6) is 0 Å². The van der Waals surface area contributed by atoms with Gasteiger partial charge in [0.05, 0.1) is 11.2 Å². The van der Waals surface area contributed by atoms with E-state index in [4.69, 9.17) is 17.3 Å². The van der Waals surface area contributed by atoms with Crippen LogP contribution in [0, 0.1) is 0 Å². The molecule has 1 heterocycles. The maximum Gasteiger partial charge on any atom is 0.0709 e. The van der Waals surface area contributed by atoms with Crippen molar-refractivity contribution >= 4 is 22.5 Å². The molecule has 0 fully saturated rings. The fraction of sp³-hybridized carbons (Fsp3) is 0.235. The lowest BCUT2D eigenvalue weighted by atomic mass is 9.93. The fourth-order valence-corrected chi connectivity index (χ4v) is 3.09. The van der Waals surface area contributed by atoms with Crippen molar-refractivity contribution in [1.29, 1.82) is 0 Å². The molecular weight excluding hydrogens is 282 g/mol. The van der Waals surface area contributed by atoms with Gasteiger partial charge in [0, 0.05) is 29.8 Å².